The molecule has 0 bridgehead atoms. The normalized spacial score (nSPS) is 38.9. The van der Waals surface area contributed by atoms with Gasteiger partial charge in [-0.1, -0.05) is 38.5 Å². The lowest BCUT2D eigenvalue weighted by Gasteiger charge is -2.47. The second-order valence-electron chi connectivity index (χ2n) is 11.8. The Morgan fingerprint density at radius 2 is 1.60 bits per heavy atom. The maximum atomic E-state index is 13.6. The van der Waals surface area contributed by atoms with Gasteiger partial charge in [0.1, 0.15) is 0 Å². The van der Waals surface area contributed by atoms with Gasteiger partial charge in [-0.2, -0.15) is 0 Å². The Hall–Kier alpha value is -0.393. The minimum absolute atomic E-state index is 0.232. The summed E-state index contributed by atoms with van der Waals surface area (Å²) in [4.78, 5) is 26.6. The molecule has 6 atom stereocenters. The predicted octanol–water partition coefficient (Wildman–Crippen LogP) is 4.77. The van der Waals surface area contributed by atoms with Gasteiger partial charge in [-0.3, -0.25) is 4.79 Å². The van der Waals surface area contributed by atoms with Crippen LogP contribution < -0.4 is 5.73 Å². The number of piperidine rings is 1. The van der Waals surface area contributed by atoms with Gasteiger partial charge in [-0.05, 0) is 93.3 Å². The highest BCUT2D eigenvalue weighted by molar-refractivity contribution is 6.71. The van der Waals surface area contributed by atoms with E-state index in [1.54, 1.807) is 0 Å². The third-order valence-electron chi connectivity index (χ3n) is 9.65. The summed E-state index contributed by atoms with van der Waals surface area (Å²) in [6, 6.07) is 0. The molecule has 4 nitrogen and oxygen atoms in total. The highest BCUT2D eigenvalue weighted by Crippen LogP contribution is 2.50. The minimum Gasteiger partial charge on any atom is -0.432 e. The second-order valence-corrected chi connectivity index (χ2v) is 15.9. The molecule has 1 heterocycles. The van der Waals surface area contributed by atoms with Crippen LogP contribution in [0.5, 0.6) is 0 Å². The fourth-order valence-electron chi connectivity index (χ4n) is 7.68. The highest BCUT2D eigenvalue weighted by atomic mass is 28.4. The highest BCUT2D eigenvalue weighted by Gasteiger charge is 2.46. The van der Waals surface area contributed by atoms with Crippen molar-refractivity contribution < 1.29 is 9.59 Å². The van der Waals surface area contributed by atoms with E-state index in [9.17, 15) is 9.59 Å². The van der Waals surface area contributed by atoms with E-state index < -0.39 is 8.32 Å². The lowest BCUT2D eigenvalue weighted by molar-refractivity contribution is -0.142. The van der Waals surface area contributed by atoms with Crippen LogP contribution in [0.4, 0.5) is 0 Å². The lowest BCUT2D eigenvalue weighted by Crippen LogP contribution is -2.49. The first-order valence-corrected chi connectivity index (χ1v) is 16.1. The maximum absolute atomic E-state index is 13.6. The van der Waals surface area contributed by atoms with E-state index in [1.165, 1.54) is 64.2 Å². The summed E-state index contributed by atoms with van der Waals surface area (Å²) in [6.07, 6.45) is 14.9. The molecule has 0 aromatic heterocycles. The van der Waals surface area contributed by atoms with Gasteiger partial charge in [-0.15, -0.1) is 0 Å². The van der Waals surface area contributed by atoms with Crippen molar-refractivity contribution in [3.63, 3.8) is 0 Å². The van der Waals surface area contributed by atoms with Gasteiger partial charge in [0.2, 0.25) is 5.91 Å². The maximum Gasteiger partial charge on any atom is 0.225 e. The summed E-state index contributed by atoms with van der Waals surface area (Å²) in [7, 11) is -2.11. The molecule has 4 aliphatic rings. The zero-order valence-electron chi connectivity index (χ0n) is 19.5. The largest absolute Gasteiger partial charge is 0.432 e. The van der Waals surface area contributed by atoms with Crippen molar-refractivity contribution in [1.82, 2.24) is 4.90 Å². The van der Waals surface area contributed by atoms with Crippen molar-refractivity contribution in [1.29, 1.82) is 0 Å². The van der Waals surface area contributed by atoms with Gasteiger partial charge in [0.15, 0.2) is 8.32 Å². The summed E-state index contributed by atoms with van der Waals surface area (Å²) in [5, 5.41) is 0. The number of fused-ring (bicyclic) bond motifs is 1. The average Bonchev–Trinajstić information content (AvgIpc) is 2.77. The van der Waals surface area contributed by atoms with Crippen molar-refractivity contribution in [3.8, 4) is 0 Å². The van der Waals surface area contributed by atoms with Crippen LogP contribution in [0.15, 0.2) is 0 Å². The Bertz CT molecular complexity index is 584. The minimum atomic E-state index is -2.11. The molecule has 1 aliphatic heterocycles. The summed E-state index contributed by atoms with van der Waals surface area (Å²) in [6.45, 7) is 7.01. The number of carbonyl (C=O) groups excluding carboxylic acids is 1. The first-order valence-electron chi connectivity index (χ1n) is 13.1. The summed E-state index contributed by atoms with van der Waals surface area (Å²) >= 11 is 0. The molecular weight excluding hydrogens is 388 g/mol. The van der Waals surface area contributed by atoms with E-state index in [4.69, 9.17) is 5.73 Å². The fraction of sp³-hybridized carbons (Fsp3) is 0.960. The van der Waals surface area contributed by atoms with Crippen molar-refractivity contribution in [3.05, 3.63) is 0 Å². The number of carbonyl (C=O) groups is 1. The van der Waals surface area contributed by atoms with Crippen molar-refractivity contribution in [2.45, 2.75) is 95.7 Å². The van der Waals surface area contributed by atoms with E-state index in [0.29, 0.717) is 17.4 Å². The molecule has 3 saturated carbocycles. The van der Waals surface area contributed by atoms with E-state index in [1.807, 2.05) is 0 Å². The SMILES string of the molecule is C[Si](C)(O)C1CCC2CCCC(C(=O)N3CCC(C4CCCC(CN)C4)CC3)C2C1. The number of hydrogen-bond donors (Lipinski definition) is 2. The van der Waals surface area contributed by atoms with Crippen molar-refractivity contribution in [2.75, 3.05) is 19.6 Å². The molecular formula is C25H46N2O2Si. The van der Waals surface area contributed by atoms with Crippen LogP contribution in [-0.2, 0) is 4.79 Å². The van der Waals surface area contributed by atoms with Crippen LogP contribution >= 0.6 is 0 Å². The monoisotopic (exact) mass is 434 g/mol. The second kappa shape index (κ2) is 9.62. The molecule has 0 aromatic carbocycles. The number of rotatable bonds is 4. The van der Waals surface area contributed by atoms with Crippen LogP contribution in [-0.4, -0.2) is 43.6 Å². The molecule has 3 N–H and O–H groups in total. The van der Waals surface area contributed by atoms with Gasteiger partial charge < -0.3 is 15.4 Å². The van der Waals surface area contributed by atoms with E-state index in [-0.39, 0.29) is 5.92 Å². The van der Waals surface area contributed by atoms with Crippen molar-refractivity contribution in [2.24, 2.45) is 41.2 Å². The lowest BCUT2D eigenvalue weighted by atomic mass is 9.65. The summed E-state index contributed by atoms with van der Waals surface area (Å²) in [5.41, 5.74) is 6.45. The Labute approximate surface area is 185 Å². The standard InChI is InChI=1S/C25H46N2O2Si/c1-30(2,29)22-10-9-20-6-4-8-23(24(20)16-22)25(28)27-13-11-19(12-14-27)21-7-3-5-18(15-21)17-26/h18-24,29H,3-17,26H2,1-2H3. The summed E-state index contributed by atoms with van der Waals surface area (Å²) in [5.74, 6) is 4.35. The molecule has 1 saturated heterocycles. The summed E-state index contributed by atoms with van der Waals surface area (Å²) < 4.78 is 0. The van der Waals surface area contributed by atoms with Gasteiger partial charge in [-0.25, -0.2) is 0 Å². The van der Waals surface area contributed by atoms with Crippen LogP contribution in [0.2, 0.25) is 18.6 Å². The first kappa shape index (κ1) is 22.8. The van der Waals surface area contributed by atoms with Gasteiger partial charge in [0, 0.05) is 19.0 Å². The zero-order valence-corrected chi connectivity index (χ0v) is 20.5. The molecule has 4 rings (SSSR count). The third kappa shape index (κ3) is 4.99. The number of amides is 1. The Balaban J connectivity index is 1.34. The Morgan fingerprint density at radius 3 is 2.30 bits per heavy atom. The van der Waals surface area contributed by atoms with Gasteiger partial charge in [0.25, 0.3) is 0 Å². The van der Waals surface area contributed by atoms with Crippen LogP contribution in [0.1, 0.15) is 77.0 Å². The van der Waals surface area contributed by atoms with Gasteiger partial charge >= 0.3 is 0 Å². The van der Waals surface area contributed by atoms with Crippen LogP contribution in [0.3, 0.4) is 0 Å². The first-order chi connectivity index (χ1) is 14.4. The average molecular weight is 435 g/mol. The van der Waals surface area contributed by atoms with Crippen LogP contribution in [0, 0.1) is 35.5 Å². The van der Waals surface area contributed by atoms with E-state index in [2.05, 4.69) is 18.0 Å². The molecule has 4 fully saturated rings. The topological polar surface area (TPSA) is 66.6 Å². The smallest absolute Gasteiger partial charge is 0.225 e. The molecule has 1 amide bonds. The van der Waals surface area contributed by atoms with E-state index in [0.717, 1.165) is 56.1 Å². The Morgan fingerprint density at radius 1 is 0.900 bits per heavy atom. The molecule has 0 radical (unpaired) electrons. The molecule has 30 heavy (non-hydrogen) atoms. The van der Waals surface area contributed by atoms with Crippen molar-refractivity contribution >= 4 is 14.2 Å². The number of hydrogen-bond acceptors (Lipinski definition) is 3. The predicted molar refractivity (Wildman–Crippen MR) is 125 cm³/mol. The molecule has 5 heteroatoms. The van der Waals surface area contributed by atoms with E-state index >= 15 is 0 Å². The third-order valence-corrected chi connectivity index (χ3v) is 12.2. The number of nitrogens with two attached hydrogens (primary N) is 1. The molecule has 0 spiro atoms. The molecule has 6 unspecified atom stereocenters. The van der Waals surface area contributed by atoms with Crippen LogP contribution in [0.25, 0.3) is 0 Å². The van der Waals surface area contributed by atoms with Gasteiger partial charge in [0.05, 0.1) is 0 Å². The fourth-order valence-corrected chi connectivity index (χ4v) is 9.40. The molecule has 172 valence electrons. The zero-order chi connectivity index (χ0) is 21.3. The Kier molecular flexibility index (Phi) is 7.31. The number of likely N-dealkylation sites (tertiary alicyclic amines) is 1. The molecule has 0 aromatic rings. The molecule has 3 aliphatic carbocycles. The quantitative estimate of drug-likeness (QED) is 0.626. The number of nitrogens with zero attached hydrogens (tertiary/aromatic N) is 1.